The Labute approximate surface area is 94.2 Å². The molecule has 0 unspecified atom stereocenters. The lowest BCUT2D eigenvalue weighted by Gasteiger charge is -2.17. The zero-order valence-corrected chi connectivity index (χ0v) is 10.2. The molecule has 1 aromatic rings. The third kappa shape index (κ3) is 3.15. The maximum atomic E-state index is 11.2. The van der Waals surface area contributed by atoms with E-state index in [-0.39, 0.29) is 16.9 Å². The molecule has 0 saturated heterocycles. The number of anilines is 1. The van der Waals surface area contributed by atoms with Crippen molar-refractivity contribution in [2.45, 2.75) is 34.6 Å². The van der Waals surface area contributed by atoms with Crippen molar-refractivity contribution < 1.29 is 0 Å². The second kappa shape index (κ2) is 4.42. The van der Waals surface area contributed by atoms with Crippen LogP contribution >= 0.6 is 0 Å². The van der Waals surface area contributed by atoms with Crippen LogP contribution in [0.5, 0.6) is 0 Å². The summed E-state index contributed by atoms with van der Waals surface area (Å²) in [5.74, 6) is 0.249. The molecule has 16 heavy (non-hydrogen) atoms. The Morgan fingerprint density at radius 3 is 2.50 bits per heavy atom. The number of aromatic nitrogens is 3. The lowest BCUT2D eigenvalue weighted by atomic mass is 9.91. The smallest absolute Gasteiger partial charge is 0.274 e. The fraction of sp³-hybridized carbons (Fsp3) is 0.600. The number of hydrogen-bond donors (Lipinski definition) is 2. The standard InChI is InChI=1S/C10H17N5O/c1-6-8(16)11-9(14-12-6)15-13-7(2)10(3,4)5/h1-5H3,(H2,11,14,15,16)/b13-7-. The fourth-order valence-corrected chi connectivity index (χ4v) is 0.748. The Balaban J connectivity index is 2.83. The number of aryl methyl sites for hydroxylation is 1. The Morgan fingerprint density at radius 1 is 1.38 bits per heavy atom. The topological polar surface area (TPSA) is 83.0 Å². The maximum absolute atomic E-state index is 11.2. The number of hydrazone groups is 1. The van der Waals surface area contributed by atoms with Gasteiger partial charge in [0.15, 0.2) is 0 Å². The van der Waals surface area contributed by atoms with E-state index >= 15 is 0 Å². The van der Waals surface area contributed by atoms with Crippen molar-refractivity contribution in [1.29, 1.82) is 0 Å². The number of H-pyrrole nitrogens is 1. The molecule has 0 saturated carbocycles. The van der Waals surface area contributed by atoms with Crippen molar-refractivity contribution in [1.82, 2.24) is 15.2 Å². The van der Waals surface area contributed by atoms with Gasteiger partial charge in [-0.15, -0.1) is 10.2 Å². The molecule has 1 rings (SSSR count). The average Bonchev–Trinajstić information content (AvgIpc) is 2.18. The predicted octanol–water partition coefficient (Wildman–Crippen LogP) is 1.31. The largest absolute Gasteiger partial charge is 0.288 e. The van der Waals surface area contributed by atoms with Crippen LogP contribution in [0.25, 0.3) is 0 Å². The quantitative estimate of drug-likeness (QED) is 0.585. The van der Waals surface area contributed by atoms with Crippen LogP contribution < -0.4 is 11.0 Å². The number of rotatable bonds is 2. The summed E-state index contributed by atoms with van der Waals surface area (Å²) in [6, 6.07) is 0. The van der Waals surface area contributed by atoms with Crippen LogP contribution in [-0.2, 0) is 0 Å². The monoisotopic (exact) mass is 223 g/mol. The Kier molecular flexibility index (Phi) is 3.41. The lowest BCUT2D eigenvalue weighted by molar-refractivity contribution is 0.586. The van der Waals surface area contributed by atoms with Crippen molar-refractivity contribution in [3.05, 3.63) is 16.0 Å². The first kappa shape index (κ1) is 12.4. The van der Waals surface area contributed by atoms with E-state index in [0.717, 1.165) is 5.71 Å². The number of aromatic amines is 1. The SMILES string of the molecule is C/C(=N/Nc1nnc(C)c(=O)[nH]1)C(C)(C)C. The second-order valence-electron chi connectivity index (χ2n) is 4.65. The molecule has 2 N–H and O–H groups in total. The highest BCUT2D eigenvalue weighted by Crippen LogP contribution is 2.15. The van der Waals surface area contributed by atoms with E-state index in [2.05, 4.69) is 46.5 Å². The number of hydrogen-bond acceptors (Lipinski definition) is 5. The third-order valence-corrected chi connectivity index (χ3v) is 2.28. The van der Waals surface area contributed by atoms with Gasteiger partial charge in [-0.3, -0.25) is 9.78 Å². The van der Waals surface area contributed by atoms with Gasteiger partial charge in [-0.25, -0.2) is 5.43 Å². The molecule has 0 spiro atoms. The van der Waals surface area contributed by atoms with Crippen molar-refractivity contribution in [2.24, 2.45) is 10.5 Å². The molecule has 6 nitrogen and oxygen atoms in total. The molecular weight excluding hydrogens is 206 g/mol. The molecule has 1 heterocycles. The van der Waals surface area contributed by atoms with E-state index in [4.69, 9.17) is 0 Å². The van der Waals surface area contributed by atoms with Gasteiger partial charge in [0, 0.05) is 11.1 Å². The van der Waals surface area contributed by atoms with Crippen LogP contribution in [0.1, 0.15) is 33.4 Å². The Hall–Kier alpha value is -1.72. The summed E-state index contributed by atoms with van der Waals surface area (Å²) < 4.78 is 0. The molecule has 0 amide bonds. The molecule has 0 aromatic carbocycles. The zero-order chi connectivity index (χ0) is 12.3. The van der Waals surface area contributed by atoms with Crippen molar-refractivity contribution in [3.8, 4) is 0 Å². The zero-order valence-electron chi connectivity index (χ0n) is 10.2. The molecule has 6 heteroatoms. The van der Waals surface area contributed by atoms with Crippen LogP contribution in [0, 0.1) is 12.3 Å². The summed E-state index contributed by atoms with van der Waals surface area (Å²) in [7, 11) is 0. The van der Waals surface area contributed by atoms with E-state index < -0.39 is 0 Å². The molecular formula is C10H17N5O. The minimum atomic E-state index is -0.263. The summed E-state index contributed by atoms with van der Waals surface area (Å²) in [6.45, 7) is 9.66. The van der Waals surface area contributed by atoms with Crippen LogP contribution in [-0.4, -0.2) is 20.9 Å². The fourth-order valence-electron chi connectivity index (χ4n) is 0.748. The molecule has 0 radical (unpaired) electrons. The molecule has 88 valence electrons. The van der Waals surface area contributed by atoms with E-state index in [9.17, 15) is 4.79 Å². The number of nitrogens with one attached hydrogen (secondary N) is 2. The average molecular weight is 223 g/mol. The first-order valence-corrected chi connectivity index (χ1v) is 5.05. The summed E-state index contributed by atoms with van der Waals surface area (Å²) in [4.78, 5) is 13.8. The molecule has 0 aliphatic carbocycles. The van der Waals surface area contributed by atoms with Gasteiger partial charge in [0.25, 0.3) is 5.56 Å². The Bertz CT molecular complexity index is 455. The summed E-state index contributed by atoms with van der Waals surface area (Å²) in [6.07, 6.45) is 0. The highest BCUT2D eigenvalue weighted by atomic mass is 16.1. The number of nitrogens with zero attached hydrogens (tertiary/aromatic N) is 3. The van der Waals surface area contributed by atoms with E-state index in [1.807, 2.05) is 6.92 Å². The molecule has 0 fully saturated rings. The van der Waals surface area contributed by atoms with Crippen LogP contribution in [0.4, 0.5) is 5.95 Å². The molecule has 0 bridgehead atoms. The van der Waals surface area contributed by atoms with Crippen molar-refractivity contribution in [2.75, 3.05) is 5.43 Å². The van der Waals surface area contributed by atoms with Gasteiger partial charge in [-0.1, -0.05) is 20.8 Å². The van der Waals surface area contributed by atoms with Crippen LogP contribution in [0.3, 0.4) is 0 Å². The normalized spacial score (nSPS) is 12.7. The first-order valence-electron chi connectivity index (χ1n) is 5.05. The molecule has 1 aromatic heterocycles. The lowest BCUT2D eigenvalue weighted by Crippen LogP contribution is -2.20. The predicted molar refractivity (Wildman–Crippen MR) is 63.6 cm³/mol. The second-order valence-corrected chi connectivity index (χ2v) is 4.65. The van der Waals surface area contributed by atoms with Gasteiger partial charge < -0.3 is 0 Å². The summed E-state index contributed by atoms with van der Waals surface area (Å²) in [5.41, 5.74) is 3.64. The van der Waals surface area contributed by atoms with E-state index in [0.29, 0.717) is 5.69 Å². The summed E-state index contributed by atoms with van der Waals surface area (Å²) >= 11 is 0. The maximum Gasteiger partial charge on any atom is 0.274 e. The molecule has 0 aliphatic rings. The Morgan fingerprint density at radius 2 is 2.00 bits per heavy atom. The van der Waals surface area contributed by atoms with Gasteiger partial charge in [-0.05, 0) is 13.8 Å². The van der Waals surface area contributed by atoms with Gasteiger partial charge in [0.05, 0.1) is 0 Å². The van der Waals surface area contributed by atoms with Gasteiger partial charge in [0.2, 0.25) is 5.95 Å². The van der Waals surface area contributed by atoms with Crippen molar-refractivity contribution >= 4 is 11.7 Å². The molecule has 0 aliphatic heterocycles. The first-order chi connectivity index (χ1) is 7.30. The van der Waals surface area contributed by atoms with Gasteiger partial charge >= 0.3 is 0 Å². The highest BCUT2D eigenvalue weighted by Gasteiger charge is 2.14. The van der Waals surface area contributed by atoms with Crippen molar-refractivity contribution in [3.63, 3.8) is 0 Å². The van der Waals surface area contributed by atoms with Crippen LogP contribution in [0.15, 0.2) is 9.90 Å². The highest BCUT2D eigenvalue weighted by molar-refractivity contribution is 5.87. The summed E-state index contributed by atoms with van der Waals surface area (Å²) in [5, 5.41) is 11.6. The minimum Gasteiger partial charge on any atom is -0.288 e. The van der Waals surface area contributed by atoms with E-state index in [1.54, 1.807) is 6.92 Å². The van der Waals surface area contributed by atoms with Gasteiger partial charge in [0.1, 0.15) is 5.69 Å². The van der Waals surface area contributed by atoms with Gasteiger partial charge in [-0.2, -0.15) is 5.10 Å². The third-order valence-electron chi connectivity index (χ3n) is 2.28. The molecule has 0 atom stereocenters. The van der Waals surface area contributed by atoms with Crippen LogP contribution in [0.2, 0.25) is 0 Å². The minimum absolute atomic E-state index is 0.0224. The van der Waals surface area contributed by atoms with E-state index in [1.165, 1.54) is 0 Å².